The zero-order chi connectivity index (χ0) is 21.8. The maximum atomic E-state index is 12.4. The Morgan fingerprint density at radius 1 is 1.00 bits per heavy atom. The molecule has 1 aromatic heterocycles. The number of hydrogen-bond acceptors (Lipinski definition) is 4. The summed E-state index contributed by atoms with van der Waals surface area (Å²) in [6.07, 6.45) is 8.48. The lowest BCUT2D eigenvalue weighted by Crippen LogP contribution is -2.25. The molecule has 2 N–H and O–H groups in total. The van der Waals surface area contributed by atoms with Crippen LogP contribution in [0.2, 0.25) is 0 Å². The van der Waals surface area contributed by atoms with Crippen LogP contribution in [0.5, 0.6) is 0 Å². The van der Waals surface area contributed by atoms with Crippen molar-refractivity contribution in [3.8, 4) is 0 Å². The minimum absolute atomic E-state index is 0.0689. The molecule has 0 atom stereocenters. The van der Waals surface area contributed by atoms with Gasteiger partial charge in [-0.15, -0.1) is 0 Å². The van der Waals surface area contributed by atoms with E-state index in [9.17, 15) is 14.4 Å². The summed E-state index contributed by atoms with van der Waals surface area (Å²) in [5.74, 6) is -0.186. The molecule has 0 unspecified atom stereocenters. The van der Waals surface area contributed by atoms with E-state index in [0.717, 1.165) is 18.4 Å². The van der Waals surface area contributed by atoms with Crippen molar-refractivity contribution in [1.82, 2.24) is 14.9 Å². The molecule has 1 fully saturated rings. The highest BCUT2D eigenvalue weighted by Gasteiger charge is 2.23. The summed E-state index contributed by atoms with van der Waals surface area (Å²) in [6, 6.07) is 14.1. The van der Waals surface area contributed by atoms with Crippen LogP contribution in [0.25, 0.3) is 6.08 Å². The third-order valence-corrected chi connectivity index (χ3v) is 4.95. The van der Waals surface area contributed by atoms with E-state index >= 15 is 0 Å². The number of amides is 2. The van der Waals surface area contributed by atoms with E-state index in [0.29, 0.717) is 28.7 Å². The van der Waals surface area contributed by atoms with Crippen molar-refractivity contribution in [2.45, 2.75) is 18.9 Å². The fourth-order valence-electron chi connectivity index (χ4n) is 3.02. The minimum Gasteiger partial charge on any atom is -0.349 e. The number of ketones is 1. The van der Waals surface area contributed by atoms with Gasteiger partial charge in [0.25, 0.3) is 5.91 Å². The molecule has 0 radical (unpaired) electrons. The van der Waals surface area contributed by atoms with Gasteiger partial charge in [-0.1, -0.05) is 12.1 Å². The molecule has 0 spiro atoms. The number of aromatic nitrogens is 2. The predicted molar refractivity (Wildman–Crippen MR) is 118 cm³/mol. The van der Waals surface area contributed by atoms with Crippen molar-refractivity contribution >= 4 is 29.4 Å². The van der Waals surface area contributed by atoms with Gasteiger partial charge in [0, 0.05) is 48.4 Å². The van der Waals surface area contributed by atoms with Crippen LogP contribution in [-0.2, 0) is 11.8 Å². The van der Waals surface area contributed by atoms with Crippen LogP contribution >= 0.6 is 0 Å². The second-order valence-corrected chi connectivity index (χ2v) is 7.46. The van der Waals surface area contributed by atoms with E-state index in [-0.39, 0.29) is 17.6 Å². The van der Waals surface area contributed by atoms with Gasteiger partial charge in [-0.25, -0.2) is 4.98 Å². The summed E-state index contributed by atoms with van der Waals surface area (Å²) in [5, 5.41) is 5.70. The highest BCUT2D eigenvalue weighted by molar-refractivity contribution is 6.07. The van der Waals surface area contributed by atoms with Gasteiger partial charge in [0.2, 0.25) is 11.7 Å². The first-order valence-electron chi connectivity index (χ1n) is 10.0. The van der Waals surface area contributed by atoms with Crippen molar-refractivity contribution in [3.05, 3.63) is 89.5 Å². The lowest BCUT2D eigenvalue weighted by molar-refractivity contribution is -0.111. The molecular formula is C24H22N4O3. The van der Waals surface area contributed by atoms with Gasteiger partial charge >= 0.3 is 0 Å². The Morgan fingerprint density at radius 3 is 2.29 bits per heavy atom. The van der Waals surface area contributed by atoms with Crippen molar-refractivity contribution in [2.75, 3.05) is 5.32 Å². The number of nitrogens with zero attached hydrogens (tertiary/aromatic N) is 2. The van der Waals surface area contributed by atoms with E-state index in [1.807, 2.05) is 0 Å². The topological polar surface area (TPSA) is 93.1 Å². The molecule has 31 heavy (non-hydrogen) atoms. The van der Waals surface area contributed by atoms with Crippen LogP contribution in [0, 0.1) is 0 Å². The average molecular weight is 414 g/mol. The maximum absolute atomic E-state index is 12.4. The fraction of sp³-hybridized carbons (Fsp3) is 0.167. The summed E-state index contributed by atoms with van der Waals surface area (Å²) in [6.45, 7) is 0. The zero-order valence-corrected chi connectivity index (χ0v) is 17.0. The van der Waals surface area contributed by atoms with Crippen LogP contribution in [0.3, 0.4) is 0 Å². The molecule has 2 amide bonds. The number of carbonyl (C=O) groups excluding carboxylic acids is 3. The third-order valence-electron chi connectivity index (χ3n) is 4.95. The van der Waals surface area contributed by atoms with Crippen LogP contribution in [-0.4, -0.2) is 33.2 Å². The molecule has 7 heteroatoms. The molecule has 1 heterocycles. The molecule has 0 bridgehead atoms. The van der Waals surface area contributed by atoms with Crippen LogP contribution in [0.15, 0.2) is 67.0 Å². The predicted octanol–water partition coefficient (Wildman–Crippen LogP) is 3.20. The van der Waals surface area contributed by atoms with Crippen molar-refractivity contribution in [1.29, 1.82) is 0 Å². The van der Waals surface area contributed by atoms with E-state index in [4.69, 9.17) is 0 Å². The first-order valence-corrected chi connectivity index (χ1v) is 10.0. The standard InChI is InChI=1S/C24H22N4O3/c1-28-15-14-25-23(28)22(30)17-7-9-19(10-8-17)26-21(29)13-4-16-2-5-18(6-3-16)24(31)27-20-11-12-20/h2-10,13-15,20H,11-12H2,1H3,(H,26,29)(H,27,31)/b13-4+. The summed E-state index contributed by atoms with van der Waals surface area (Å²) >= 11 is 0. The molecule has 0 saturated heterocycles. The fourth-order valence-corrected chi connectivity index (χ4v) is 3.02. The summed E-state index contributed by atoms with van der Waals surface area (Å²) in [4.78, 5) is 40.7. The first kappa shape index (κ1) is 20.3. The molecule has 4 rings (SSSR count). The third kappa shape index (κ3) is 5.14. The Kier molecular flexibility index (Phi) is 5.75. The Morgan fingerprint density at radius 2 is 1.68 bits per heavy atom. The average Bonchev–Trinajstić information content (AvgIpc) is 3.49. The minimum atomic E-state index is -0.293. The molecular weight excluding hydrogens is 392 g/mol. The number of rotatable bonds is 7. The lowest BCUT2D eigenvalue weighted by atomic mass is 10.1. The molecule has 1 aliphatic rings. The molecule has 156 valence electrons. The van der Waals surface area contributed by atoms with E-state index in [2.05, 4.69) is 15.6 Å². The Balaban J connectivity index is 1.33. The molecule has 3 aromatic rings. The highest BCUT2D eigenvalue weighted by atomic mass is 16.2. The summed E-state index contributed by atoms with van der Waals surface area (Å²) in [5.41, 5.74) is 2.50. The SMILES string of the molecule is Cn1ccnc1C(=O)c1ccc(NC(=O)/C=C/c2ccc(C(=O)NC3CC3)cc2)cc1. The van der Waals surface area contributed by atoms with E-state index in [1.54, 1.807) is 78.6 Å². The number of nitrogens with one attached hydrogen (secondary N) is 2. The first-order chi connectivity index (χ1) is 15.0. The quantitative estimate of drug-likeness (QED) is 0.459. The molecule has 1 saturated carbocycles. The van der Waals surface area contributed by atoms with Gasteiger partial charge in [0.1, 0.15) is 0 Å². The summed E-state index contributed by atoms with van der Waals surface area (Å²) in [7, 11) is 1.76. The molecule has 2 aromatic carbocycles. The van der Waals surface area contributed by atoms with Crippen molar-refractivity contribution in [2.24, 2.45) is 7.05 Å². The number of carbonyl (C=O) groups is 3. The number of imidazole rings is 1. The van der Waals surface area contributed by atoms with Crippen molar-refractivity contribution in [3.63, 3.8) is 0 Å². The summed E-state index contributed by atoms with van der Waals surface area (Å²) < 4.78 is 1.66. The monoisotopic (exact) mass is 414 g/mol. The normalized spacial score (nSPS) is 13.2. The van der Waals surface area contributed by atoms with Crippen LogP contribution in [0.1, 0.15) is 44.9 Å². The Bertz CT molecular complexity index is 1140. The van der Waals surface area contributed by atoms with Gasteiger partial charge in [-0.05, 0) is 60.9 Å². The Labute approximate surface area is 179 Å². The Hall–Kier alpha value is -4.00. The number of benzene rings is 2. The lowest BCUT2D eigenvalue weighted by Gasteiger charge is -2.05. The highest BCUT2D eigenvalue weighted by Crippen LogP contribution is 2.19. The maximum Gasteiger partial charge on any atom is 0.251 e. The van der Waals surface area contributed by atoms with Crippen LogP contribution < -0.4 is 10.6 Å². The second kappa shape index (κ2) is 8.79. The van der Waals surface area contributed by atoms with Gasteiger partial charge < -0.3 is 15.2 Å². The van der Waals surface area contributed by atoms with Gasteiger partial charge in [-0.2, -0.15) is 0 Å². The smallest absolute Gasteiger partial charge is 0.251 e. The number of anilines is 1. The van der Waals surface area contributed by atoms with Gasteiger partial charge in [-0.3, -0.25) is 14.4 Å². The number of aryl methyl sites for hydroxylation is 1. The molecule has 1 aliphatic carbocycles. The zero-order valence-electron chi connectivity index (χ0n) is 17.0. The largest absolute Gasteiger partial charge is 0.349 e. The van der Waals surface area contributed by atoms with Crippen molar-refractivity contribution < 1.29 is 14.4 Å². The van der Waals surface area contributed by atoms with Gasteiger partial charge in [0.05, 0.1) is 0 Å². The van der Waals surface area contributed by atoms with Gasteiger partial charge in [0.15, 0.2) is 5.82 Å². The van der Waals surface area contributed by atoms with E-state index in [1.165, 1.54) is 6.08 Å². The molecule has 7 nitrogen and oxygen atoms in total. The molecule has 0 aliphatic heterocycles. The second-order valence-electron chi connectivity index (χ2n) is 7.46. The number of hydrogen-bond donors (Lipinski definition) is 2. The van der Waals surface area contributed by atoms with E-state index < -0.39 is 0 Å². The van der Waals surface area contributed by atoms with Crippen LogP contribution in [0.4, 0.5) is 5.69 Å².